The van der Waals surface area contributed by atoms with Gasteiger partial charge >= 0.3 is 0 Å². The molecule has 0 saturated carbocycles. The molecule has 188 valence electrons. The number of rotatable bonds is 8. The van der Waals surface area contributed by atoms with E-state index >= 15 is 0 Å². The molecule has 2 atom stereocenters. The highest BCUT2D eigenvalue weighted by atomic mass is 16.5. The normalized spacial score (nSPS) is 20.6. The van der Waals surface area contributed by atoms with Crippen LogP contribution in [-0.4, -0.2) is 38.0 Å². The number of hydrogen-bond acceptors (Lipinski definition) is 4. The predicted molar refractivity (Wildman–Crippen MR) is 145 cm³/mol. The molecule has 0 bridgehead atoms. The molecule has 0 N–H and O–H groups in total. The number of Topliss-reactive ketones (excluding diaryl/α,β-unsaturated/α-hetero) is 1. The molecule has 4 nitrogen and oxygen atoms in total. The van der Waals surface area contributed by atoms with Crippen molar-refractivity contribution in [2.24, 2.45) is 11.8 Å². The van der Waals surface area contributed by atoms with Crippen LogP contribution >= 0.6 is 0 Å². The van der Waals surface area contributed by atoms with Crippen LogP contribution in [0.15, 0.2) is 76.9 Å². The average Bonchev–Trinajstić information content (AvgIpc) is 3.17. The SMILES string of the molecule is COc1cc2c(cc1OC)C(=O)C(=CC1=C(C(C)C(C)C3=CCC3)CN(Cc3ccccc3)CC1)C2. The maximum absolute atomic E-state index is 13.4. The van der Waals surface area contributed by atoms with Crippen molar-refractivity contribution in [3.63, 3.8) is 0 Å². The molecule has 3 aliphatic rings. The van der Waals surface area contributed by atoms with Gasteiger partial charge in [-0.1, -0.05) is 61.9 Å². The Hall–Kier alpha value is -3.11. The van der Waals surface area contributed by atoms with Crippen molar-refractivity contribution in [1.29, 1.82) is 0 Å². The van der Waals surface area contributed by atoms with Gasteiger partial charge in [-0.2, -0.15) is 0 Å². The Kier molecular flexibility index (Phi) is 7.15. The van der Waals surface area contributed by atoms with Crippen molar-refractivity contribution in [3.05, 3.63) is 93.6 Å². The molecule has 0 amide bonds. The highest BCUT2D eigenvalue weighted by Crippen LogP contribution is 2.40. The van der Waals surface area contributed by atoms with Gasteiger partial charge in [0.05, 0.1) is 14.2 Å². The first-order valence-corrected chi connectivity index (χ1v) is 13.2. The Morgan fingerprint density at radius 1 is 1.00 bits per heavy atom. The van der Waals surface area contributed by atoms with Gasteiger partial charge in [0, 0.05) is 37.2 Å². The molecule has 0 fully saturated rings. The zero-order valence-electron chi connectivity index (χ0n) is 22.0. The lowest BCUT2D eigenvalue weighted by Gasteiger charge is -2.36. The van der Waals surface area contributed by atoms with Crippen LogP contribution in [0.25, 0.3) is 0 Å². The summed E-state index contributed by atoms with van der Waals surface area (Å²) in [5.41, 5.74) is 8.43. The Balaban J connectivity index is 1.46. The first-order valence-electron chi connectivity index (χ1n) is 13.2. The Bertz CT molecular complexity index is 1240. The van der Waals surface area contributed by atoms with Gasteiger partial charge in [0.15, 0.2) is 17.3 Å². The minimum Gasteiger partial charge on any atom is -0.493 e. The molecule has 1 aliphatic heterocycles. The van der Waals surface area contributed by atoms with Gasteiger partial charge in [-0.15, -0.1) is 0 Å². The van der Waals surface area contributed by atoms with E-state index in [1.807, 2.05) is 12.1 Å². The maximum Gasteiger partial charge on any atom is 0.189 e. The molecule has 2 aliphatic carbocycles. The van der Waals surface area contributed by atoms with Gasteiger partial charge in [-0.25, -0.2) is 0 Å². The largest absolute Gasteiger partial charge is 0.493 e. The zero-order chi connectivity index (χ0) is 25.2. The van der Waals surface area contributed by atoms with Crippen molar-refractivity contribution in [2.75, 3.05) is 27.3 Å². The summed E-state index contributed by atoms with van der Waals surface area (Å²) in [6, 6.07) is 14.5. The van der Waals surface area contributed by atoms with Gasteiger partial charge in [0.25, 0.3) is 0 Å². The van der Waals surface area contributed by atoms with Crippen LogP contribution in [-0.2, 0) is 13.0 Å². The van der Waals surface area contributed by atoms with Gasteiger partial charge in [0.2, 0.25) is 0 Å². The Morgan fingerprint density at radius 2 is 1.72 bits per heavy atom. The third kappa shape index (κ3) is 4.79. The molecular weight excluding hydrogens is 446 g/mol. The van der Waals surface area contributed by atoms with Gasteiger partial charge < -0.3 is 9.47 Å². The minimum absolute atomic E-state index is 0.118. The molecule has 0 saturated heterocycles. The fourth-order valence-corrected chi connectivity index (χ4v) is 5.85. The molecule has 0 radical (unpaired) electrons. The molecule has 1 heterocycles. The van der Waals surface area contributed by atoms with Gasteiger partial charge in [-0.3, -0.25) is 9.69 Å². The van der Waals surface area contributed by atoms with Crippen LogP contribution in [0, 0.1) is 11.8 Å². The predicted octanol–water partition coefficient (Wildman–Crippen LogP) is 6.56. The van der Waals surface area contributed by atoms with Crippen molar-refractivity contribution in [2.45, 2.75) is 46.1 Å². The topological polar surface area (TPSA) is 38.8 Å². The molecule has 0 aromatic heterocycles. The van der Waals surface area contributed by atoms with Crippen LogP contribution < -0.4 is 9.47 Å². The first kappa shape index (κ1) is 24.6. The molecule has 2 aromatic carbocycles. The molecule has 4 heteroatoms. The van der Waals surface area contributed by atoms with Crippen molar-refractivity contribution >= 4 is 5.78 Å². The summed E-state index contributed by atoms with van der Waals surface area (Å²) in [6.45, 7) is 7.67. The van der Waals surface area contributed by atoms with E-state index in [1.165, 1.54) is 29.6 Å². The average molecular weight is 484 g/mol. The molecule has 2 aromatic rings. The van der Waals surface area contributed by atoms with Crippen molar-refractivity contribution in [1.82, 2.24) is 4.90 Å². The highest BCUT2D eigenvalue weighted by Gasteiger charge is 2.31. The van der Waals surface area contributed by atoms with E-state index < -0.39 is 0 Å². The number of fused-ring (bicyclic) bond motifs is 1. The second kappa shape index (κ2) is 10.5. The van der Waals surface area contributed by atoms with E-state index in [0.717, 1.165) is 42.8 Å². The van der Waals surface area contributed by atoms with Crippen LogP contribution in [0.1, 0.15) is 54.6 Å². The lowest BCUT2D eigenvalue weighted by Crippen LogP contribution is -2.34. The summed E-state index contributed by atoms with van der Waals surface area (Å²) in [5.74, 6) is 2.38. The lowest BCUT2D eigenvalue weighted by atomic mass is 9.75. The highest BCUT2D eigenvalue weighted by molar-refractivity contribution is 6.13. The van der Waals surface area contributed by atoms with Crippen LogP contribution in [0.5, 0.6) is 11.5 Å². The van der Waals surface area contributed by atoms with Crippen molar-refractivity contribution in [3.8, 4) is 11.5 Å². The number of benzene rings is 2. The van der Waals surface area contributed by atoms with E-state index in [2.05, 4.69) is 61.2 Å². The number of allylic oxidation sites excluding steroid dienone is 4. The molecule has 5 rings (SSSR count). The maximum atomic E-state index is 13.4. The molecule has 2 unspecified atom stereocenters. The van der Waals surface area contributed by atoms with Gasteiger partial charge in [0.1, 0.15) is 0 Å². The number of ketones is 1. The van der Waals surface area contributed by atoms with E-state index in [0.29, 0.717) is 29.8 Å². The lowest BCUT2D eigenvalue weighted by molar-refractivity contribution is 0.103. The van der Waals surface area contributed by atoms with E-state index in [-0.39, 0.29) is 5.78 Å². The van der Waals surface area contributed by atoms with Crippen LogP contribution in [0.3, 0.4) is 0 Å². The first-order chi connectivity index (χ1) is 17.5. The zero-order valence-corrected chi connectivity index (χ0v) is 22.0. The van der Waals surface area contributed by atoms with Crippen LogP contribution in [0.2, 0.25) is 0 Å². The summed E-state index contributed by atoms with van der Waals surface area (Å²) in [5, 5.41) is 0. The number of methoxy groups -OCH3 is 2. The standard InChI is InChI=1S/C32H37NO3/c1-21(24-11-8-12-24)22(2)29-20-33(19-23-9-6-5-7-10-23)14-13-25(29)15-27-16-26-17-30(35-3)31(36-4)18-28(26)32(27)34/h5-7,9-11,15,17-18,21-22H,8,12-14,16,19-20H2,1-4H3. The Morgan fingerprint density at radius 3 is 2.39 bits per heavy atom. The number of hydrogen-bond donors (Lipinski definition) is 0. The third-order valence-corrected chi connectivity index (χ3v) is 8.35. The third-order valence-electron chi connectivity index (χ3n) is 8.35. The quantitative estimate of drug-likeness (QED) is 0.315. The number of nitrogens with zero attached hydrogens (tertiary/aromatic N) is 1. The van der Waals surface area contributed by atoms with E-state index in [4.69, 9.17) is 9.47 Å². The monoisotopic (exact) mass is 483 g/mol. The fraction of sp³-hybridized carbons (Fsp3) is 0.406. The van der Waals surface area contributed by atoms with Crippen molar-refractivity contribution < 1.29 is 14.3 Å². The summed E-state index contributed by atoms with van der Waals surface area (Å²) in [7, 11) is 3.25. The molecular formula is C32H37NO3. The molecule has 36 heavy (non-hydrogen) atoms. The summed E-state index contributed by atoms with van der Waals surface area (Å²) in [4.78, 5) is 16.0. The fourth-order valence-electron chi connectivity index (χ4n) is 5.85. The minimum atomic E-state index is 0.118. The smallest absolute Gasteiger partial charge is 0.189 e. The molecule has 0 spiro atoms. The van der Waals surface area contributed by atoms with Gasteiger partial charge in [-0.05, 0) is 65.5 Å². The number of carbonyl (C=O) groups excluding carboxylic acids is 1. The summed E-state index contributed by atoms with van der Waals surface area (Å²) >= 11 is 0. The number of ether oxygens (including phenoxy) is 2. The summed E-state index contributed by atoms with van der Waals surface area (Å²) < 4.78 is 10.9. The number of carbonyl (C=O) groups is 1. The van der Waals surface area contributed by atoms with E-state index in [9.17, 15) is 4.79 Å². The Labute approximate surface area is 215 Å². The second-order valence-corrected chi connectivity index (χ2v) is 10.4. The second-order valence-electron chi connectivity index (χ2n) is 10.4. The van der Waals surface area contributed by atoms with E-state index in [1.54, 1.807) is 19.8 Å². The summed E-state index contributed by atoms with van der Waals surface area (Å²) in [6.07, 6.45) is 8.67. The van der Waals surface area contributed by atoms with Crippen LogP contribution in [0.4, 0.5) is 0 Å².